The summed E-state index contributed by atoms with van der Waals surface area (Å²) in [4.78, 5) is 38.6. The van der Waals surface area contributed by atoms with Crippen LogP contribution in [0.1, 0.15) is 2.85 Å². The van der Waals surface area contributed by atoms with E-state index in [1.54, 1.807) is 0 Å². The molecule has 6 aromatic carbocycles. The molecule has 30 heteroatoms. The van der Waals surface area contributed by atoms with E-state index in [-0.39, 0.29) is 93.5 Å². The summed E-state index contributed by atoms with van der Waals surface area (Å²) >= 11 is 0. The van der Waals surface area contributed by atoms with Gasteiger partial charge in [-0.1, -0.05) is 42.5 Å². The van der Waals surface area contributed by atoms with Crippen molar-refractivity contribution in [2.75, 3.05) is 0 Å². The molecular formula is C32H18CoN10NaO16S2. The molecule has 6 aromatic rings. The number of rotatable bonds is 10. The van der Waals surface area contributed by atoms with Crippen molar-refractivity contribution in [3.63, 3.8) is 0 Å². The summed E-state index contributed by atoms with van der Waals surface area (Å²) in [6, 6.07) is 14.4. The number of hydrogen-bond acceptors (Lipinski definition) is 20. The van der Waals surface area contributed by atoms with Crippen molar-refractivity contribution in [1.29, 1.82) is 0 Å². The van der Waals surface area contributed by atoms with Crippen molar-refractivity contribution in [3.8, 4) is 11.5 Å². The Kier molecular flexibility index (Phi) is 15.4. The fourth-order valence-corrected chi connectivity index (χ4v) is 6.65. The third-order valence-electron chi connectivity index (χ3n) is 7.94. The Labute approximate surface area is 380 Å². The molecule has 0 fully saturated rings. The van der Waals surface area contributed by atoms with Crippen LogP contribution in [-0.4, -0.2) is 45.6 Å². The van der Waals surface area contributed by atoms with Crippen LogP contribution in [0.15, 0.2) is 115 Å². The minimum atomic E-state index is -4.85. The molecule has 0 amide bonds. The maximum absolute atomic E-state index is 12.2. The molecule has 0 saturated heterocycles. The molecule has 314 valence electrons. The normalized spacial score (nSPS) is 11.4. The first kappa shape index (κ1) is 49.5. The summed E-state index contributed by atoms with van der Waals surface area (Å²) in [6.07, 6.45) is 0. The summed E-state index contributed by atoms with van der Waals surface area (Å²) in [6.45, 7) is 0. The zero-order valence-electron chi connectivity index (χ0n) is 32.3. The predicted octanol–water partition coefficient (Wildman–Crippen LogP) is 4.69. The summed E-state index contributed by atoms with van der Waals surface area (Å²) < 4.78 is 68.4. The molecule has 0 heterocycles. The number of azo groups is 2. The van der Waals surface area contributed by atoms with E-state index in [0.717, 1.165) is 24.3 Å². The Morgan fingerprint density at radius 3 is 1.35 bits per heavy atom. The van der Waals surface area contributed by atoms with Gasteiger partial charge in [-0.3, -0.25) is 40.5 Å². The van der Waals surface area contributed by atoms with Gasteiger partial charge in [-0.05, 0) is 29.0 Å². The second-order valence-corrected chi connectivity index (χ2v) is 14.3. The quantitative estimate of drug-likeness (QED) is 0.0590. The number of fused-ring (bicyclic) bond motifs is 2. The second-order valence-electron chi connectivity index (χ2n) is 11.6. The van der Waals surface area contributed by atoms with E-state index in [1.807, 2.05) is 0 Å². The van der Waals surface area contributed by atoms with E-state index in [1.165, 1.54) is 36.4 Å². The first-order valence-electron chi connectivity index (χ1n) is 15.6. The summed E-state index contributed by atoms with van der Waals surface area (Å²) in [5.74, 6) is -2.44. The third-order valence-corrected chi connectivity index (χ3v) is 9.73. The minimum absolute atomic E-state index is 0. The smallest absolute Gasteiger partial charge is 0.866 e. The van der Waals surface area contributed by atoms with Gasteiger partial charge in [0, 0.05) is 34.4 Å². The third kappa shape index (κ3) is 10.5. The Bertz CT molecular complexity index is 3150. The molecule has 0 radical (unpaired) electrons. The first-order valence-corrected chi connectivity index (χ1v) is 18.4. The number of non-ortho nitro benzene ring substituents is 2. The van der Waals surface area contributed by atoms with Gasteiger partial charge in [0.25, 0.3) is 22.7 Å². The molecule has 0 aromatic heterocycles. The molecule has 0 spiro atoms. The van der Waals surface area contributed by atoms with Crippen molar-refractivity contribution in [2.45, 2.75) is 9.79 Å². The van der Waals surface area contributed by atoms with Crippen molar-refractivity contribution >= 4 is 98.7 Å². The van der Waals surface area contributed by atoms with Crippen LogP contribution in [0.5, 0.6) is 11.5 Å². The van der Waals surface area contributed by atoms with Gasteiger partial charge in [-0.15, -0.1) is 11.4 Å². The van der Waals surface area contributed by atoms with Crippen LogP contribution in [-0.2, 0) is 37.0 Å². The largest absolute Gasteiger partial charge is 3.00 e. The summed E-state index contributed by atoms with van der Waals surface area (Å²) in [5, 5.41) is 82.4. The van der Waals surface area contributed by atoms with Gasteiger partial charge in [-0.25, -0.2) is 16.8 Å². The van der Waals surface area contributed by atoms with Crippen LogP contribution in [0.3, 0.4) is 0 Å². The van der Waals surface area contributed by atoms with Crippen LogP contribution in [0.2, 0.25) is 0 Å². The zero-order valence-corrected chi connectivity index (χ0v) is 35.0. The molecule has 26 nitrogen and oxygen atoms in total. The Morgan fingerprint density at radius 1 is 0.516 bits per heavy atom. The van der Waals surface area contributed by atoms with Crippen molar-refractivity contribution in [2.24, 2.45) is 20.5 Å². The van der Waals surface area contributed by atoms with Gasteiger partial charge < -0.3 is 30.8 Å². The molecule has 0 bridgehead atoms. The Morgan fingerprint density at radius 2 is 0.919 bits per heavy atom. The van der Waals surface area contributed by atoms with Crippen molar-refractivity contribution in [1.82, 2.24) is 0 Å². The van der Waals surface area contributed by atoms with Crippen LogP contribution in [0.4, 0.5) is 56.9 Å². The van der Waals surface area contributed by atoms with Crippen molar-refractivity contribution in [3.05, 3.63) is 137 Å². The molecule has 0 aliphatic heterocycles. The fourth-order valence-electron chi connectivity index (χ4n) is 5.27. The van der Waals surface area contributed by atoms with E-state index in [9.17, 15) is 76.6 Å². The number of benzene rings is 6. The SMILES string of the molecule is [Co+3].[H+].[H+].[NH-]c1c(N=Nc2cc([N+](=O)[O-])cc([N+](=O)[O-])c2[O-])ccc2c(S(=O)(=O)[O-])cccc12.[NH-]c1ccc2c(S(=O)(=O)[O-])cccc2c1N=Nc1cc([N+](=O)[O-])cc([N+](=O)[O-])c1[O-].[Na+]. The topological polar surface area (TPSA) is 430 Å². The van der Waals surface area contributed by atoms with Crippen molar-refractivity contribution < 1.29 is 105 Å². The molecule has 6 rings (SSSR count). The molecular weight excluding hydrogens is 926 g/mol. The van der Waals surface area contributed by atoms with Crippen LogP contribution in [0.25, 0.3) is 33.0 Å². The molecule has 0 saturated carbocycles. The molecule has 0 atom stereocenters. The van der Waals surface area contributed by atoms with E-state index >= 15 is 0 Å². The van der Waals surface area contributed by atoms with Crippen LogP contribution in [0, 0.1) is 40.5 Å². The van der Waals surface area contributed by atoms with E-state index in [2.05, 4.69) is 20.5 Å². The summed E-state index contributed by atoms with van der Waals surface area (Å²) in [7, 11) is -9.65. The van der Waals surface area contributed by atoms with E-state index < -0.39 is 95.3 Å². The Hall–Kier alpha value is -6.83. The second kappa shape index (κ2) is 19.3. The monoisotopic (exact) mass is 944 g/mol. The first-order chi connectivity index (χ1) is 28.0. The number of nitrogens with one attached hydrogen (secondary N) is 2. The number of nitro benzene ring substituents is 4. The molecule has 62 heavy (non-hydrogen) atoms. The molecule has 0 unspecified atom stereocenters. The maximum atomic E-state index is 12.2. The zero-order chi connectivity index (χ0) is 44.4. The van der Waals surface area contributed by atoms with E-state index in [0.29, 0.717) is 24.3 Å². The van der Waals surface area contributed by atoms with Crippen LogP contribution >= 0.6 is 0 Å². The van der Waals surface area contributed by atoms with E-state index in [4.69, 9.17) is 11.5 Å². The van der Waals surface area contributed by atoms with Gasteiger partial charge >= 0.3 is 49.2 Å². The average Bonchev–Trinajstić information content (AvgIpc) is 3.16. The number of hydrogen-bond donors (Lipinski definition) is 0. The molecule has 0 aliphatic carbocycles. The number of nitrogens with zero attached hydrogens (tertiary/aromatic N) is 8. The van der Waals surface area contributed by atoms with Gasteiger partial charge in [-0.2, -0.15) is 20.5 Å². The predicted molar refractivity (Wildman–Crippen MR) is 201 cm³/mol. The fraction of sp³-hybridized carbons (Fsp3) is 0. The number of nitro groups is 4. The molecule has 0 aliphatic rings. The van der Waals surface area contributed by atoms with Gasteiger partial charge in [0.1, 0.15) is 20.2 Å². The van der Waals surface area contributed by atoms with Crippen LogP contribution < -0.4 is 39.8 Å². The minimum Gasteiger partial charge on any atom is -0.866 e. The average molecular weight is 945 g/mol. The standard InChI is InChI=1S/2C16H10N5O8S.Co.Na/c17-15-10-2-1-3-14(30(27,28)29)9(10)4-5-11(15)18-19-12-6-8(20(23)24)7-13(16(12)22)21(25)26;17-11-5-4-9-10(2-1-3-14(9)30(27,28)29)15(11)19-18-12-6-8(20(23)24)7-13(16(12)22)21(25)26;;/h2*1-7H,(H3-,17,18,19,22,27,28,29);;/q2*-1;+3;+1/p-2. The Balaban J connectivity index is 0.000000602. The van der Waals surface area contributed by atoms with Gasteiger partial charge in [0.05, 0.1) is 64.4 Å². The van der Waals surface area contributed by atoms with Gasteiger partial charge in [0.15, 0.2) is 0 Å². The molecule has 2 N–H and O–H groups in total. The maximum Gasteiger partial charge on any atom is 3.00 e. The summed E-state index contributed by atoms with van der Waals surface area (Å²) in [5.41, 5.74) is 10.00. The van der Waals surface area contributed by atoms with Gasteiger partial charge in [0.2, 0.25) is 0 Å².